The number of amides is 1. The summed E-state index contributed by atoms with van der Waals surface area (Å²) in [6.45, 7) is 6.35. The Hall–Kier alpha value is -1.33. The highest BCUT2D eigenvalue weighted by Crippen LogP contribution is 2.11. The molecule has 1 saturated heterocycles. The van der Waals surface area contributed by atoms with Crippen LogP contribution in [0.1, 0.15) is 25.5 Å². The molecule has 1 aliphatic rings. The molecule has 0 spiro atoms. The van der Waals surface area contributed by atoms with Gasteiger partial charge in [0.25, 0.3) is 0 Å². The molecule has 0 bridgehead atoms. The van der Waals surface area contributed by atoms with Crippen LogP contribution in [0.3, 0.4) is 0 Å². The monoisotopic (exact) mass is 279 g/mol. The molecule has 2 heterocycles. The highest BCUT2D eigenvalue weighted by atomic mass is 16.3. The van der Waals surface area contributed by atoms with Gasteiger partial charge in [0.05, 0.1) is 6.26 Å². The fourth-order valence-corrected chi connectivity index (χ4v) is 2.75. The zero-order valence-electron chi connectivity index (χ0n) is 12.3. The lowest BCUT2D eigenvalue weighted by molar-refractivity contribution is -0.133. The summed E-state index contributed by atoms with van der Waals surface area (Å²) < 4.78 is 5.26. The lowest BCUT2D eigenvalue weighted by Crippen LogP contribution is -2.53. The first-order valence-electron chi connectivity index (χ1n) is 7.48. The van der Waals surface area contributed by atoms with Crippen molar-refractivity contribution in [3.63, 3.8) is 0 Å². The van der Waals surface area contributed by atoms with Crippen LogP contribution in [0.5, 0.6) is 0 Å². The molecule has 0 saturated carbocycles. The van der Waals surface area contributed by atoms with Gasteiger partial charge >= 0.3 is 0 Å². The Morgan fingerprint density at radius 2 is 2.15 bits per heavy atom. The summed E-state index contributed by atoms with van der Waals surface area (Å²) >= 11 is 0. The molecular formula is C15H25N3O2. The highest BCUT2D eigenvalue weighted by Gasteiger charge is 2.24. The van der Waals surface area contributed by atoms with Crippen LogP contribution in [0.25, 0.3) is 0 Å². The number of furan rings is 1. The smallest absolute Gasteiger partial charge is 0.223 e. The quantitative estimate of drug-likeness (QED) is 0.847. The van der Waals surface area contributed by atoms with Crippen LogP contribution in [0.15, 0.2) is 22.8 Å². The summed E-state index contributed by atoms with van der Waals surface area (Å²) in [6.07, 6.45) is 3.94. The molecule has 1 amide bonds. The van der Waals surface area contributed by atoms with E-state index in [0.29, 0.717) is 25.4 Å². The minimum absolute atomic E-state index is 0.224. The standard InChI is InChI=1S/C15H25N3O2/c1-2-13(12-16)17-7-9-18(10-8-17)15(19)6-5-14-4-3-11-20-14/h3-4,11,13H,2,5-10,12,16H2,1H3. The number of hydrogen-bond acceptors (Lipinski definition) is 4. The van der Waals surface area contributed by atoms with E-state index in [2.05, 4.69) is 11.8 Å². The van der Waals surface area contributed by atoms with Gasteiger partial charge in [-0.15, -0.1) is 0 Å². The second-order valence-corrected chi connectivity index (χ2v) is 5.29. The molecule has 20 heavy (non-hydrogen) atoms. The first kappa shape index (κ1) is 15.1. The minimum atomic E-state index is 0.224. The van der Waals surface area contributed by atoms with E-state index in [1.807, 2.05) is 17.0 Å². The molecule has 0 radical (unpaired) electrons. The Kier molecular flexibility index (Phi) is 5.61. The SMILES string of the molecule is CCC(CN)N1CCN(C(=O)CCc2ccco2)CC1. The predicted octanol–water partition coefficient (Wildman–Crippen LogP) is 1.09. The molecular weight excluding hydrogens is 254 g/mol. The Bertz CT molecular complexity index is 393. The Morgan fingerprint density at radius 1 is 1.40 bits per heavy atom. The maximum atomic E-state index is 12.1. The van der Waals surface area contributed by atoms with Gasteiger partial charge in [0.1, 0.15) is 5.76 Å². The van der Waals surface area contributed by atoms with E-state index >= 15 is 0 Å². The van der Waals surface area contributed by atoms with Crippen molar-refractivity contribution in [2.45, 2.75) is 32.2 Å². The lowest BCUT2D eigenvalue weighted by Gasteiger charge is -2.38. The number of nitrogens with zero attached hydrogens (tertiary/aromatic N) is 2. The Morgan fingerprint density at radius 3 is 2.70 bits per heavy atom. The zero-order chi connectivity index (χ0) is 14.4. The van der Waals surface area contributed by atoms with E-state index in [9.17, 15) is 4.79 Å². The van der Waals surface area contributed by atoms with E-state index < -0.39 is 0 Å². The first-order valence-corrected chi connectivity index (χ1v) is 7.48. The topological polar surface area (TPSA) is 62.7 Å². The van der Waals surface area contributed by atoms with Gasteiger partial charge < -0.3 is 15.1 Å². The average molecular weight is 279 g/mol. The summed E-state index contributed by atoms with van der Waals surface area (Å²) in [7, 11) is 0. The number of rotatable bonds is 6. The van der Waals surface area contributed by atoms with Crippen LogP contribution < -0.4 is 5.73 Å². The Balaban J connectivity index is 1.74. The molecule has 1 aliphatic heterocycles. The average Bonchev–Trinajstić information content (AvgIpc) is 3.00. The van der Waals surface area contributed by atoms with E-state index in [0.717, 1.165) is 38.4 Å². The molecule has 1 atom stereocenters. The molecule has 0 aliphatic carbocycles. The van der Waals surface area contributed by atoms with Crippen molar-refractivity contribution in [2.24, 2.45) is 5.73 Å². The Labute approximate surface area is 120 Å². The van der Waals surface area contributed by atoms with Gasteiger partial charge in [0.15, 0.2) is 0 Å². The van der Waals surface area contributed by atoms with Crippen LogP contribution in [0.4, 0.5) is 0 Å². The zero-order valence-corrected chi connectivity index (χ0v) is 12.3. The van der Waals surface area contributed by atoms with Gasteiger partial charge in [-0.3, -0.25) is 9.69 Å². The third-order valence-electron chi connectivity index (χ3n) is 4.09. The van der Waals surface area contributed by atoms with E-state index in [4.69, 9.17) is 10.2 Å². The van der Waals surface area contributed by atoms with Crippen LogP contribution in [-0.2, 0) is 11.2 Å². The molecule has 1 unspecified atom stereocenters. The van der Waals surface area contributed by atoms with Crippen molar-refractivity contribution < 1.29 is 9.21 Å². The highest BCUT2D eigenvalue weighted by molar-refractivity contribution is 5.76. The second kappa shape index (κ2) is 7.45. The third kappa shape index (κ3) is 3.84. The van der Waals surface area contributed by atoms with Crippen LogP contribution in [0, 0.1) is 0 Å². The predicted molar refractivity (Wildman–Crippen MR) is 78.3 cm³/mol. The van der Waals surface area contributed by atoms with Crippen molar-refractivity contribution in [1.29, 1.82) is 0 Å². The molecule has 5 heteroatoms. The lowest BCUT2D eigenvalue weighted by atomic mass is 10.1. The number of nitrogens with two attached hydrogens (primary N) is 1. The molecule has 2 N–H and O–H groups in total. The van der Waals surface area contributed by atoms with Crippen molar-refractivity contribution in [3.05, 3.63) is 24.2 Å². The molecule has 5 nitrogen and oxygen atoms in total. The first-order chi connectivity index (χ1) is 9.74. The van der Waals surface area contributed by atoms with Gasteiger partial charge in [-0.05, 0) is 18.6 Å². The summed E-state index contributed by atoms with van der Waals surface area (Å²) in [4.78, 5) is 16.5. The maximum Gasteiger partial charge on any atom is 0.223 e. The minimum Gasteiger partial charge on any atom is -0.469 e. The number of carbonyl (C=O) groups excluding carboxylic acids is 1. The van der Waals surface area contributed by atoms with Crippen molar-refractivity contribution >= 4 is 5.91 Å². The van der Waals surface area contributed by atoms with Gasteiger partial charge in [0.2, 0.25) is 5.91 Å². The molecule has 0 aromatic carbocycles. The van der Waals surface area contributed by atoms with Gasteiger partial charge in [-0.1, -0.05) is 6.92 Å². The molecule has 2 rings (SSSR count). The van der Waals surface area contributed by atoms with Gasteiger partial charge in [-0.2, -0.15) is 0 Å². The van der Waals surface area contributed by atoms with Crippen LogP contribution in [-0.4, -0.2) is 54.5 Å². The normalized spacial score (nSPS) is 18.2. The molecule has 112 valence electrons. The molecule has 1 aromatic heterocycles. The molecule has 1 fully saturated rings. The van der Waals surface area contributed by atoms with E-state index in [1.54, 1.807) is 6.26 Å². The van der Waals surface area contributed by atoms with Crippen LogP contribution in [0.2, 0.25) is 0 Å². The number of hydrogen-bond donors (Lipinski definition) is 1. The van der Waals surface area contributed by atoms with E-state index in [-0.39, 0.29) is 5.91 Å². The van der Waals surface area contributed by atoms with Crippen LogP contribution >= 0.6 is 0 Å². The van der Waals surface area contributed by atoms with E-state index in [1.165, 1.54) is 0 Å². The number of aryl methyl sites for hydroxylation is 1. The van der Waals surface area contributed by atoms with Gasteiger partial charge in [0, 0.05) is 51.6 Å². The van der Waals surface area contributed by atoms with Crippen molar-refractivity contribution in [3.8, 4) is 0 Å². The summed E-state index contributed by atoms with van der Waals surface area (Å²) in [5, 5.41) is 0. The van der Waals surface area contributed by atoms with Crippen molar-refractivity contribution in [1.82, 2.24) is 9.80 Å². The number of piperazine rings is 1. The molecule has 1 aromatic rings. The summed E-state index contributed by atoms with van der Waals surface area (Å²) in [5.41, 5.74) is 5.78. The fourth-order valence-electron chi connectivity index (χ4n) is 2.75. The third-order valence-corrected chi connectivity index (χ3v) is 4.09. The summed E-state index contributed by atoms with van der Waals surface area (Å²) in [6, 6.07) is 4.23. The van der Waals surface area contributed by atoms with Crippen molar-refractivity contribution in [2.75, 3.05) is 32.7 Å². The largest absolute Gasteiger partial charge is 0.469 e. The second-order valence-electron chi connectivity index (χ2n) is 5.29. The van der Waals surface area contributed by atoms with Gasteiger partial charge in [-0.25, -0.2) is 0 Å². The fraction of sp³-hybridized carbons (Fsp3) is 0.667. The summed E-state index contributed by atoms with van der Waals surface area (Å²) in [5.74, 6) is 1.10. The number of carbonyl (C=O) groups is 1. The maximum absolute atomic E-state index is 12.1.